The van der Waals surface area contributed by atoms with Gasteiger partial charge >= 0.3 is 0 Å². The van der Waals surface area contributed by atoms with Crippen LogP contribution in [0.2, 0.25) is 0 Å². The average Bonchev–Trinajstić information content (AvgIpc) is 2.96. The molecule has 17 heavy (non-hydrogen) atoms. The molecule has 1 saturated heterocycles. The minimum absolute atomic E-state index is 0.230. The lowest BCUT2D eigenvalue weighted by Crippen LogP contribution is -2.31. The maximum absolute atomic E-state index is 4.86. The van der Waals surface area contributed by atoms with Gasteiger partial charge in [0, 0.05) is 19.0 Å². The quantitative estimate of drug-likeness (QED) is 0.855. The summed E-state index contributed by atoms with van der Waals surface area (Å²) in [6.07, 6.45) is 2.35. The second-order valence-electron chi connectivity index (χ2n) is 5.04. The van der Waals surface area contributed by atoms with Crippen molar-refractivity contribution in [2.24, 2.45) is 7.05 Å². The standard InChI is InChI=1S/C14H19N3/c1-3-14(8-9-15-10-14)13-16-11-6-4-5-7-12(11)17(13)2/h4-7,15H,3,8-10H2,1-2H3. The van der Waals surface area contributed by atoms with Crippen LogP contribution in [0.15, 0.2) is 24.3 Å². The molecule has 0 saturated carbocycles. The highest BCUT2D eigenvalue weighted by Gasteiger charge is 2.37. The first-order chi connectivity index (χ1) is 8.27. The van der Waals surface area contributed by atoms with Gasteiger partial charge in [-0.3, -0.25) is 0 Å². The van der Waals surface area contributed by atoms with Crippen molar-refractivity contribution in [2.75, 3.05) is 13.1 Å². The number of nitrogens with one attached hydrogen (secondary N) is 1. The molecular formula is C14H19N3. The summed E-state index contributed by atoms with van der Waals surface area (Å²) in [6, 6.07) is 8.39. The number of hydrogen-bond donors (Lipinski definition) is 1. The van der Waals surface area contributed by atoms with Gasteiger partial charge in [-0.15, -0.1) is 0 Å². The molecule has 1 fully saturated rings. The predicted molar refractivity (Wildman–Crippen MR) is 70.2 cm³/mol. The molecule has 0 bridgehead atoms. The van der Waals surface area contributed by atoms with Crippen molar-refractivity contribution in [3.05, 3.63) is 30.1 Å². The van der Waals surface area contributed by atoms with Crippen molar-refractivity contribution in [1.82, 2.24) is 14.9 Å². The van der Waals surface area contributed by atoms with Gasteiger partial charge in [0.15, 0.2) is 0 Å². The van der Waals surface area contributed by atoms with Gasteiger partial charge in [-0.05, 0) is 31.5 Å². The third-order valence-corrected chi connectivity index (χ3v) is 4.18. The molecular weight excluding hydrogens is 210 g/mol. The molecule has 1 aromatic carbocycles. The van der Waals surface area contributed by atoms with Gasteiger partial charge in [0.05, 0.1) is 11.0 Å². The first-order valence-electron chi connectivity index (χ1n) is 6.39. The fraction of sp³-hybridized carbons (Fsp3) is 0.500. The van der Waals surface area contributed by atoms with Crippen molar-refractivity contribution in [3.8, 4) is 0 Å². The molecule has 2 heterocycles. The van der Waals surface area contributed by atoms with Crippen LogP contribution >= 0.6 is 0 Å². The van der Waals surface area contributed by atoms with Crippen LogP contribution in [-0.2, 0) is 12.5 Å². The number of imidazole rings is 1. The number of rotatable bonds is 2. The van der Waals surface area contributed by atoms with Crippen LogP contribution in [0.5, 0.6) is 0 Å². The highest BCUT2D eigenvalue weighted by Crippen LogP contribution is 2.34. The highest BCUT2D eigenvalue weighted by molar-refractivity contribution is 5.76. The Labute approximate surface area is 102 Å². The van der Waals surface area contributed by atoms with Crippen molar-refractivity contribution < 1.29 is 0 Å². The lowest BCUT2D eigenvalue weighted by atomic mass is 9.83. The summed E-state index contributed by atoms with van der Waals surface area (Å²) in [6.45, 7) is 4.43. The molecule has 1 atom stereocenters. The highest BCUT2D eigenvalue weighted by atomic mass is 15.1. The lowest BCUT2D eigenvalue weighted by molar-refractivity contribution is 0.415. The van der Waals surface area contributed by atoms with E-state index in [1.54, 1.807) is 0 Å². The molecule has 90 valence electrons. The summed E-state index contributed by atoms with van der Waals surface area (Å²) in [7, 11) is 2.14. The Kier molecular flexibility index (Phi) is 2.44. The van der Waals surface area contributed by atoms with Crippen LogP contribution in [-0.4, -0.2) is 22.6 Å². The molecule has 0 radical (unpaired) electrons. The number of nitrogens with zero attached hydrogens (tertiary/aromatic N) is 2. The second kappa shape index (κ2) is 3.84. The van der Waals surface area contributed by atoms with Gasteiger partial charge in [0.25, 0.3) is 0 Å². The van der Waals surface area contributed by atoms with E-state index in [1.807, 2.05) is 0 Å². The minimum atomic E-state index is 0.230. The number of para-hydroxylation sites is 2. The third kappa shape index (κ3) is 1.49. The fourth-order valence-electron chi connectivity index (χ4n) is 3.01. The van der Waals surface area contributed by atoms with Gasteiger partial charge < -0.3 is 9.88 Å². The van der Waals surface area contributed by atoms with Crippen LogP contribution in [0.4, 0.5) is 0 Å². The Morgan fingerprint density at radius 1 is 1.41 bits per heavy atom. The Morgan fingerprint density at radius 3 is 2.88 bits per heavy atom. The first kappa shape index (κ1) is 10.8. The summed E-state index contributed by atoms with van der Waals surface area (Å²) < 4.78 is 2.27. The predicted octanol–water partition coefficient (Wildman–Crippen LogP) is 2.21. The largest absolute Gasteiger partial charge is 0.331 e. The Morgan fingerprint density at radius 2 is 2.24 bits per heavy atom. The average molecular weight is 229 g/mol. The molecule has 0 amide bonds. The number of benzene rings is 1. The SMILES string of the molecule is CCC1(c2nc3ccccc3n2C)CCNC1. The van der Waals surface area contributed by atoms with E-state index in [2.05, 4.69) is 48.1 Å². The van der Waals surface area contributed by atoms with E-state index in [9.17, 15) is 0 Å². The van der Waals surface area contributed by atoms with Gasteiger partial charge in [0.2, 0.25) is 0 Å². The lowest BCUT2D eigenvalue weighted by Gasteiger charge is -2.25. The van der Waals surface area contributed by atoms with Crippen LogP contribution in [0.1, 0.15) is 25.6 Å². The van der Waals surface area contributed by atoms with Gasteiger partial charge in [-0.1, -0.05) is 19.1 Å². The molecule has 1 aromatic heterocycles. The Bertz CT molecular complexity index is 535. The molecule has 2 aromatic rings. The summed E-state index contributed by atoms with van der Waals surface area (Å²) in [5.74, 6) is 1.24. The molecule has 1 aliphatic rings. The Hall–Kier alpha value is -1.35. The smallest absolute Gasteiger partial charge is 0.117 e. The summed E-state index contributed by atoms with van der Waals surface area (Å²) in [5.41, 5.74) is 2.58. The zero-order valence-corrected chi connectivity index (χ0v) is 10.5. The van der Waals surface area contributed by atoms with E-state index in [0.717, 1.165) is 25.0 Å². The van der Waals surface area contributed by atoms with Crippen LogP contribution in [0, 0.1) is 0 Å². The molecule has 1 aliphatic heterocycles. The van der Waals surface area contributed by atoms with Crippen molar-refractivity contribution in [2.45, 2.75) is 25.2 Å². The first-order valence-corrected chi connectivity index (χ1v) is 6.39. The zero-order chi connectivity index (χ0) is 11.9. The number of aryl methyl sites for hydroxylation is 1. The number of fused-ring (bicyclic) bond motifs is 1. The second-order valence-corrected chi connectivity index (χ2v) is 5.04. The van der Waals surface area contributed by atoms with Gasteiger partial charge in [-0.25, -0.2) is 4.98 Å². The van der Waals surface area contributed by atoms with Crippen LogP contribution in [0.3, 0.4) is 0 Å². The summed E-state index contributed by atoms with van der Waals surface area (Å²) in [5, 5.41) is 3.48. The monoisotopic (exact) mass is 229 g/mol. The summed E-state index contributed by atoms with van der Waals surface area (Å²) >= 11 is 0. The van der Waals surface area contributed by atoms with Gasteiger partial charge in [0.1, 0.15) is 5.82 Å². The van der Waals surface area contributed by atoms with Gasteiger partial charge in [-0.2, -0.15) is 0 Å². The van der Waals surface area contributed by atoms with E-state index in [0.29, 0.717) is 0 Å². The molecule has 0 spiro atoms. The van der Waals surface area contributed by atoms with Crippen LogP contribution < -0.4 is 5.32 Å². The molecule has 0 aliphatic carbocycles. The van der Waals surface area contributed by atoms with E-state index < -0.39 is 0 Å². The van der Waals surface area contributed by atoms with Crippen molar-refractivity contribution in [3.63, 3.8) is 0 Å². The number of aromatic nitrogens is 2. The molecule has 3 rings (SSSR count). The molecule has 1 N–H and O–H groups in total. The zero-order valence-electron chi connectivity index (χ0n) is 10.5. The van der Waals surface area contributed by atoms with E-state index in [1.165, 1.54) is 17.8 Å². The van der Waals surface area contributed by atoms with Crippen molar-refractivity contribution >= 4 is 11.0 Å². The van der Waals surface area contributed by atoms with E-state index in [-0.39, 0.29) is 5.41 Å². The maximum Gasteiger partial charge on any atom is 0.117 e. The van der Waals surface area contributed by atoms with Crippen LogP contribution in [0.25, 0.3) is 11.0 Å². The molecule has 3 heteroatoms. The third-order valence-electron chi connectivity index (χ3n) is 4.18. The van der Waals surface area contributed by atoms with E-state index >= 15 is 0 Å². The normalized spacial score (nSPS) is 24.6. The minimum Gasteiger partial charge on any atom is -0.331 e. The maximum atomic E-state index is 4.86. The topological polar surface area (TPSA) is 29.9 Å². The summed E-state index contributed by atoms with van der Waals surface area (Å²) in [4.78, 5) is 4.86. The number of hydrogen-bond acceptors (Lipinski definition) is 2. The molecule has 3 nitrogen and oxygen atoms in total. The van der Waals surface area contributed by atoms with Crippen molar-refractivity contribution in [1.29, 1.82) is 0 Å². The fourth-order valence-corrected chi connectivity index (χ4v) is 3.01. The van der Waals surface area contributed by atoms with E-state index in [4.69, 9.17) is 4.98 Å². The molecule has 1 unspecified atom stereocenters. The Balaban J connectivity index is 2.19.